The number of rotatable bonds is 5. The summed E-state index contributed by atoms with van der Waals surface area (Å²) < 4.78 is 5.48. The smallest absolute Gasteiger partial charge is 0.154 e. The quantitative estimate of drug-likeness (QED) is 0.767. The number of hydrogen-bond acceptors (Lipinski definition) is 4. The lowest BCUT2D eigenvalue weighted by Gasteiger charge is -2.08. The first kappa shape index (κ1) is 11.5. The maximum Gasteiger partial charge on any atom is 0.154 e. The van der Waals surface area contributed by atoms with Gasteiger partial charge in [0, 0.05) is 31.0 Å². The van der Waals surface area contributed by atoms with E-state index < -0.39 is 0 Å². The van der Waals surface area contributed by atoms with Crippen LogP contribution in [-0.2, 0) is 30.9 Å². The van der Waals surface area contributed by atoms with Gasteiger partial charge >= 0.3 is 0 Å². The molecule has 1 aliphatic heterocycles. The van der Waals surface area contributed by atoms with Crippen LogP contribution in [0.1, 0.15) is 43.0 Å². The summed E-state index contributed by atoms with van der Waals surface area (Å²) in [6, 6.07) is 0. The van der Waals surface area contributed by atoms with E-state index in [0.717, 1.165) is 44.1 Å². The van der Waals surface area contributed by atoms with E-state index >= 15 is 0 Å². The van der Waals surface area contributed by atoms with E-state index in [9.17, 15) is 0 Å². The SMILES string of the molecule is CCCOCc1nc(CC)c2c(n1)CNC2. The van der Waals surface area contributed by atoms with Gasteiger partial charge in [0.15, 0.2) is 5.82 Å². The topological polar surface area (TPSA) is 47.0 Å². The Morgan fingerprint density at radius 3 is 2.88 bits per heavy atom. The average Bonchev–Trinajstić information content (AvgIpc) is 2.76. The predicted molar refractivity (Wildman–Crippen MR) is 61.9 cm³/mol. The molecule has 4 heteroatoms. The van der Waals surface area contributed by atoms with Crippen LogP contribution in [0.4, 0.5) is 0 Å². The monoisotopic (exact) mass is 221 g/mol. The van der Waals surface area contributed by atoms with Crippen molar-refractivity contribution >= 4 is 0 Å². The van der Waals surface area contributed by atoms with Crippen LogP contribution in [0.2, 0.25) is 0 Å². The van der Waals surface area contributed by atoms with E-state index in [0.29, 0.717) is 6.61 Å². The van der Waals surface area contributed by atoms with Crippen LogP contribution < -0.4 is 5.32 Å². The van der Waals surface area contributed by atoms with Crippen molar-refractivity contribution in [2.75, 3.05) is 6.61 Å². The molecule has 0 spiro atoms. The molecule has 0 aliphatic carbocycles. The predicted octanol–water partition coefficient (Wildman–Crippen LogP) is 1.57. The summed E-state index contributed by atoms with van der Waals surface area (Å²) in [5.74, 6) is 0.827. The first-order chi connectivity index (χ1) is 7.85. The van der Waals surface area contributed by atoms with E-state index in [2.05, 4.69) is 29.1 Å². The van der Waals surface area contributed by atoms with Gasteiger partial charge in [-0.2, -0.15) is 0 Å². The van der Waals surface area contributed by atoms with E-state index in [1.54, 1.807) is 0 Å². The molecule has 88 valence electrons. The second-order valence-electron chi connectivity index (χ2n) is 4.02. The molecule has 0 atom stereocenters. The normalized spacial score (nSPS) is 14.1. The lowest BCUT2D eigenvalue weighted by molar-refractivity contribution is 0.115. The number of nitrogens with one attached hydrogen (secondary N) is 1. The number of fused-ring (bicyclic) bond motifs is 1. The summed E-state index contributed by atoms with van der Waals surface area (Å²) in [4.78, 5) is 9.09. The summed E-state index contributed by atoms with van der Waals surface area (Å²) in [5.41, 5.74) is 3.62. The van der Waals surface area contributed by atoms with E-state index in [-0.39, 0.29) is 0 Å². The zero-order valence-corrected chi connectivity index (χ0v) is 10.0. The molecular weight excluding hydrogens is 202 g/mol. The van der Waals surface area contributed by atoms with Gasteiger partial charge in [0.25, 0.3) is 0 Å². The molecule has 2 heterocycles. The second-order valence-corrected chi connectivity index (χ2v) is 4.02. The molecule has 2 rings (SSSR count). The molecule has 1 aliphatic rings. The first-order valence-corrected chi connectivity index (χ1v) is 6.01. The summed E-state index contributed by atoms with van der Waals surface area (Å²) in [6.07, 6.45) is 2.00. The third-order valence-corrected chi connectivity index (χ3v) is 2.73. The van der Waals surface area contributed by atoms with Crippen LogP contribution in [0.15, 0.2) is 0 Å². The molecule has 0 unspecified atom stereocenters. The molecule has 0 fully saturated rings. The Balaban J connectivity index is 2.14. The highest BCUT2D eigenvalue weighted by atomic mass is 16.5. The Hall–Kier alpha value is -1.00. The fourth-order valence-corrected chi connectivity index (χ4v) is 1.96. The summed E-state index contributed by atoms with van der Waals surface area (Å²) >= 11 is 0. The molecule has 0 aromatic carbocycles. The third-order valence-electron chi connectivity index (χ3n) is 2.73. The van der Waals surface area contributed by atoms with Gasteiger partial charge in [-0.25, -0.2) is 9.97 Å². The second kappa shape index (κ2) is 5.37. The van der Waals surface area contributed by atoms with E-state index in [1.165, 1.54) is 11.3 Å². The van der Waals surface area contributed by atoms with Gasteiger partial charge in [-0.3, -0.25) is 0 Å². The molecule has 1 N–H and O–H groups in total. The van der Waals surface area contributed by atoms with Crippen molar-refractivity contribution in [3.8, 4) is 0 Å². The summed E-state index contributed by atoms with van der Waals surface area (Å²) in [5, 5.41) is 3.31. The first-order valence-electron chi connectivity index (χ1n) is 6.01. The minimum atomic E-state index is 0.536. The van der Waals surface area contributed by atoms with Gasteiger partial charge in [-0.05, 0) is 12.8 Å². The Morgan fingerprint density at radius 2 is 2.12 bits per heavy atom. The zero-order valence-electron chi connectivity index (χ0n) is 10.0. The van der Waals surface area contributed by atoms with Gasteiger partial charge < -0.3 is 10.1 Å². The number of nitrogens with zero attached hydrogens (tertiary/aromatic N) is 2. The Labute approximate surface area is 96.4 Å². The summed E-state index contributed by atoms with van der Waals surface area (Å²) in [7, 11) is 0. The molecule has 0 saturated heterocycles. The van der Waals surface area contributed by atoms with Crippen LogP contribution in [-0.4, -0.2) is 16.6 Å². The van der Waals surface area contributed by atoms with Gasteiger partial charge in [0.1, 0.15) is 6.61 Å². The van der Waals surface area contributed by atoms with Gasteiger partial charge in [-0.15, -0.1) is 0 Å². The minimum absolute atomic E-state index is 0.536. The minimum Gasteiger partial charge on any atom is -0.373 e. The zero-order chi connectivity index (χ0) is 11.4. The van der Waals surface area contributed by atoms with Crippen molar-refractivity contribution in [1.29, 1.82) is 0 Å². The highest BCUT2D eigenvalue weighted by Gasteiger charge is 2.17. The number of hydrogen-bond donors (Lipinski definition) is 1. The number of ether oxygens (including phenoxy) is 1. The van der Waals surface area contributed by atoms with Crippen LogP contribution >= 0.6 is 0 Å². The van der Waals surface area contributed by atoms with Gasteiger partial charge in [0.05, 0.1) is 5.69 Å². The van der Waals surface area contributed by atoms with E-state index in [4.69, 9.17) is 4.74 Å². The molecule has 0 bridgehead atoms. The van der Waals surface area contributed by atoms with Gasteiger partial charge in [0.2, 0.25) is 0 Å². The number of aryl methyl sites for hydroxylation is 1. The van der Waals surface area contributed by atoms with Gasteiger partial charge in [-0.1, -0.05) is 13.8 Å². The molecular formula is C12H19N3O. The molecule has 0 amide bonds. The highest BCUT2D eigenvalue weighted by molar-refractivity contribution is 5.29. The van der Waals surface area contributed by atoms with Crippen LogP contribution in [0, 0.1) is 0 Å². The van der Waals surface area contributed by atoms with Crippen molar-refractivity contribution in [3.63, 3.8) is 0 Å². The Kier molecular flexibility index (Phi) is 3.85. The molecule has 1 aromatic heterocycles. The van der Waals surface area contributed by atoms with Crippen molar-refractivity contribution in [2.24, 2.45) is 0 Å². The molecule has 4 nitrogen and oxygen atoms in total. The fourth-order valence-electron chi connectivity index (χ4n) is 1.96. The fraction of sp³-hybridized carbons (Fsp3) is 0.667. The van der Waals surface area contributed by atoms with Crippen LogP contribution in [0.25, 0.3) is 0 Å². The lowest BCUT2D eigenvalue weighted by Crippen LogP contribution is -2.07. The van der Waals surface area contributed by atoms with Crippen LogP contribution in [0.5, 0.6) is 0 Å². The molecule has 0 radical (unpaired) electrons. The largest absolute Gasteiger partial charge is 0.373 e. The van der Waals surface area contributed by atoms with Crippen LogP contribution in [0.3, 0.4) is 0 Å². The Morgan fingerprint density at radius 1 is 1.25 bits per heavy atom. The summed E-state index contributed by atoms with van der Waals surface area (Å²) in [6.45, 7) is 7.33. The van der Waals surface area contributed by atoms with Crippen molar-refractivity contribution in [3.05, 3.63) is 22.8 Å². The maximum absolute atomic E-state index is 5.48. The highest BCUT2D eigenvalue weighted by Crippen LogP contribution is 2.17. The number of aromatic nitrogens is 2. The maximum atomic E-state index is 5.48. The third kappa shape index (κ3) is 2.39. The molecule has 1 aromatic rings. The van der Waals surface area contributed by atoms with E-state index in [1.807, 2.05) is 0 Å². The lowest BCUT2D eigenvalue weighted by atomic mass is 10.1. The Bertz CT molecular complexity index is 366. The average molecular weight is 221 g/mol. The molecule has 0 saturated carbocycles. The van der Waals surface area contributed by atoms with Crippen molar-refractivity contribution < 1.29 is 4.74 Å². The standard InChI is InChI=1S/C12H19N3O/c1-3-5-16-8-12-14-10(4-2)9-6-13-7-11(9)15-12/h13H,3-8H2,1-2H3. The molecule has 16 heavy (non-hydrogen) atoms. The van der Waals surface area contributed by atoms with Crippen molar-refractivity contribution in [2.45, 2.75) is 46.4 Å². The van der Waals surface area contributed by atoms with Crippen molar-refractivity contribution in [1.82, 2.24) is 15.3 Å².